The molecule has 6 heteroatoms. The summed E-state index contributed by atoms with van der Waals surface area (Å²) in [5, 5.41) is 4.62. The maximum atomic E-state index is 11.9. The number of alkyl halides is 3. The Morgan fingerprint density at radius 1 is 1.28 bits per heavy atom. The van der Waals surface area contributed by atoms with Crippen molar-refractivity contribution in [3.8, 4) is 0 Å². The van der Waals surface area contributed by atoms with Gasteiger partial charge in [-0.3, -0.25) is 4.79 Å². The highest BCUT2D eigenvalue weighted by atomic mass is 19.4. The molecule has 0 aliphatic carbocycles. The molecule has 0 radical (unpaired) electrons. The molecule has 1 aromatic carbocycles. The molecule has 18 heavy (non-hydrogen) atoms. The predicted octanol–water partition coefficient (Wildman–Crippen LogP) is 2.34. The summed E-state index contributed by atoms with van der Waals surface area (Å²) in [6.07, 6.45) is -3.56. The number of hydrogen-bond acceptors (Lipinski definition) is 2. The van der Waals surface area contributed by atoms with Crippen LogP contribution in [0.25, 0.3) is 0 Å². The Morgan fingerprint density at radius 2 is 1.94 bits per heavy atom. The highest BCUT2D eigenvalue weighted by Crippen LogP contribution is 2.15. The van der Waals surface area contributed by atoms with Gasteiger partial charge in [-0.05, 0) is 18.1 Å². The molecule has 1 rings (SSSR count). The van der Waals surface area contributed by atoms with E-state index < -0.39 is 18.6 Å². The van der Waals surface area contributed by atoms with Crippen molar-refractivity contribution >= 4 is 11.6 Å². The van der Waals surface area contributed by atoms with Crippen LogP contribution in [0.2, 0.25) is 0 Å². The Bertz CT molecular complexity index is 405. The molecule has 3 nitrogen and oxygen atoms in total. The van der Waals surface area contributed by atoms with Gasteiger partial charge in [0.1, 0.15) is 0 Å². The van der Waals surface area contributed by atoms with Crippen LogP contribution in [0, 0.1) is 0 Å². The number of benzene rings is 1. The number of para-hydroxylation sites is 1. The zero-order chi connectivity index (χ0) is 13.6. The van der Waals surface area contributed by atoms with Gasteiger partial charge < -0.3 is 10.6 Å². The topological polar surface area (TPSA) is 41.1 Å². The van der Waals surface area contributed by atoms with E-state index in [1.165, 1.54) is 0 Å². The molecule has 0 unspecified atom stereocenters. The number of nitrogens with one attached hydrogen (secondary N) is 2. The number of anilines is 1. The number of aryl methyl sites for hydroxylation is 1. The predicted molar refractivity (Wildman–Crippen MR) is 63.4 cm³/mol. The van der Waals surface area contributed by atoms with E-state index in [0.29, 0.717) is 5.69 Å². The zero-order valence-corrected chi connectivity index (χ0v) is 9.97. The van der Waals surface area contributed by atoms with Crippen molar-refractivity contribution in [2.24, 2.45) is 0 Å². The van der Waals surface area contributed by atoms with E-state index in [0.717, 1.165) is 12.0 Å². The van der Waals surface area contributed by atoms with Crippen LogP contribution in [0.1, 0.15) is 12.5 Å². The Labute approximate surface area is 103 Å². The summed E-state index contributed by atoms with van der Waals surface area (Å²) in [7, 11) is 0. The van der Waals surface area contributed by atoms with Crippen LogP contribution in [-0.4, -0.2) is 25.2 Å². The quantitative estimate of drug-likeness (QED) is 0.853. The van der Waals surface area contributed by atoms with Gasteiger partial charge in [-0.1, -0.05) is 25.1 Å². The van der Waals surface area contributed by atoms with Gasteiger partial charge in [0.05, 0.1) is 13.1 Å². The van der Waals surface area contributed by atoms with E-state index in [-0.39, 0.29) is 6.54 Å². The van der Waals surface area contributed by atoms with E-state index in [2.05, 4.69) is 5.32 Å². The summed E-state index contributed by atoms with van der Waals surface area (Å²) < 4.78 is 35.6. The minimum Gasteiger partial charge on any atom is -0.325 e. The average molecular weight is 260 g/mol. The van der Waals surface area contributed by atoms with E-state index in [9.17, 15) is 18.0 Å². The smallest absolute Gasteiger partial charge is 0.325 e. The fourth-order valence-corrected chi connectivity index (χ4v) is 1.46. The standard InChI is InChI=1S/C12H15F3N2O/c1-2-9-5-3-4-6-10(9)17-11(18)7-16-8-12(13,14)15/h3-6,16H,2,7-8H2,1H3,(H,17,18). The largest absolute Gasteiger partial charge is 0.401 e. The van der Waals surface area contributed by atoms with Crippen LogP contribution in [-0.2, 0) is 11.2 Å². The third-order valence-corrected chi connectivity index (χ3v) is 2.28. The molecule has 0 bridgehead atoms. The molecule has 1 amide bonds. The minimum atomic E-state index is -4.30. The maximum Gasteiger partial charge on any atom is 0.401 e. The Balaban J connectivity index is 2.45. The molecule has 0 atom stereocenters. The van der Waals surface area contributed by atoms with E-state index >= 15 is 0 Å². The molecule has 0 aromatic heterocycles. The number of carbonyl (C=O) groups excluding carboxylic acids is 1. The average Bonchev–Trinajstić information content (AvgIpc) is 2.28. The lowest BCUT2D eigenvalue weighted by Gasteiger charge is -2.11. The van der Waals surface area contributed by atoms with Crippen molar-refractivity contribution in [2.75, 3.05) is 18.4 Å². The van der Waals surface area contributed by atoms with Crippen molar-refractivity contribution < 1.29 is 18.0 Å². The maximum absolute atomic E-state index is 11.9. The molecule has 0 aliphatic rings. The van der Waals surface area contributed by atoms with E-state index in [1.54, 1.807) is 12.1 Å². The zero-order valence-electron chi connectivity index (χ0n) is 9.97. The molecule has 2 N–H and O–H groups in total. The highest BCUT2D eigenvalue weighted by Gasteiger charge is 2.26. The fourth-order valence-electron chi connectivity index (χ4n) is 1.46. The molecular formula is C12H15F3N2O. The molecule has 1 aromatic rings. The SMILES string of the molecule is CCc1ccccc1NC(=O)CNCC(F)(F)F. The summed E-state index contributed by atoms with van der Waals surface area (Å²) in [5.74, 6) is -0.486. The second kappa shape index (κ2) is 6.39. The first-order chi connectivity index (χ1) is 8.42. The summed E-state index contributed by atoms with van der Waals surface area (Å²) in [6.45, 7) is 0.403. The summed E-state index contributed by atoms with van der Waals surface area (Å²) in [5.41, 5.74) is 1.58. The number of rotatable bonds is 5. The monoisotopic (exact) mass is 260 g/mol. The van der Waals surface area contributed by atoms with Crippen LogP contribution in [0.5, 0.6) is 0 Å². The molecule has 0 aliphatic heterocycles. The van der Waals surface area contributed by atoms with Gasteiger partial charge >= 0.3 is 6.18 Å². The third kappa shape index (κ3) is 5.18. The van der Waals surface area contributed by atoms with Crippen LogP contribution in [0.3, 0.4) is 0 Å². The van der Waals surface area contributed by atoms with Crippen molar-refractivity contribution in [2.45, 2.75) is 19.5 Å². The lowest BCUT2D eigenvalue weighted by atomic mass is 10.1. The minimum absolute atomic E-state index is 0.364. The molecule has 0 spiro atoms. The highest BCUT2D eigenvalue weighted by molar-refractivity contribution is 5.92. The Morgan fingerprint density at radius 3 is 2.56 bits per heavy atom. The number of halogens is 3. The lowest BCUT2D eigenvalue weighted by molar-refractivity contribution is -0.126. The van der Waals surface area contributed by atoms with Gasteiger partial charge in [-0.15, -0.1) is 0 Å². The van der Waals surface area contributed by atoms with Gasteiger partial charge in [-0.2, -0.15) is 13.2 Å². The van der Waals surface area contributed by atoms with Crippen molar-refractivity contribution in [3.63, 3.8) is 0 Å². The van der Waals surface area contributed by atoms with Crippen LogP contribution in [0.4, 0.5) is 18.9 Å². The van der Waals surface area contributed by atoms with Gasteiger partial charge in [0.15, 0.2) is 0 Å². The molecule has 100 valence electrons. The molecule has 0 saturated carbocycles. The Hall–Kier alpha value is -1.56. The van der Waals surface area contributed by atoms with Gasteiger partial charge in [0, 0.05) is 5.69 Å². The van der Waals surface area contributed by atoms with Crippen molar-refractivity contribution in [1.29, 1.82) is 0 Å². The molecule has 0 heterocycles. The number of amides is 1. The fraction of sp³-hybridized carbons (Fsp3) is 0.417. The normalized spacial score (nSPS) is 11.3. The first-order valence-corrected chi connectivity index (χ1v) is 5.57. The summed E-state index contributed by atoms with van der Waals surface area (Å²) in [6, 6.07) is 7.19. The van der Waals surface area contributed by atoms with Crippen LogP contribution in [0.15, 0.2) is 24.3 Å². The first kappa shape index (κ1) is 14.5. The van der Waals surface area contributed by atoms with Gasteiger partial charge in [0.25, 0.3) is 0 Å². The van der Waals surface area contributed by atoms with Crippen molar-refractivity contribution in [1.82, 2.24) is 5.32 Å². The molecule has 0 fully saturated rings. The Kier molecular flexibility index (Phi) is 5.15. The first-order valence-electron chi connectivity index (χ1n) is 5.57. The second-order valence-corrected chi connectivity index (χ2v) is 3.78. The summed E-state index contributed by atoms with van der Waals surface area (Å²) >= 11 is 0. The molecule has 0 saturated heterocycles. The van der Waals surface area contributed by atoms with Gasteiger partial charge in [0.2, 0.25) is 5.91 Å². The number of hydrogen-bond donors (Lipinski definition) is 2. The third-order valence-electron chi connectivity index (χ3n) is 2.28. The summed E-state index contributed by atoms with van der Waals surface area (Å²) in [4.78, 5) is 11.4. The molecular weight excluding hydrogens is 245 g/mol. The van der Waals surface area contributed by atoms with Crippen LogP contribution < -0.4 is 10.6 Å². The van der Waals surface area contributed by atoms with Crippen LogP contribution >= 0.6 is 0 Å². The van der Waals surface area contributed by atoms with E-state index in [1.807, 2.05) is 24.4 Å². The van der Waals surface area contributed by atoms with Gasteiger partial charge in [-0.25, -0.2) is 0 Å². The van der Waals surface area contributed by atoms with E-state index in [4.69, 9.17) is 0 Å². The number of carbonyl (C=O) groups is 1. The van der Waals surface area contributed by atoms with Crippen molar-refractivity contribution in [3.05, 3.63) is 29.8 Å². The second-order valence-electron chi connectivity index (χ2n) is 3.78. The lowest BCUT2D eigenvalue weighted by Crippen LogP contribution is -2.35.